The number of carbonyl (C=O) groups is 1. The van der Waals surface area contributed by atoms with Crippen LogP contribution in [-0.2, 0) is 9.47 Å². The molecule has 0 aliphatic carbocycles. The van der Waals surface area contributed by atoms with E-state index in [1.807, 2.05) is 32.0 Å². The summed E-state index contributed by atoms with van der Waals surface area (Å²) in [6.45, 7) is 5.26. The summed E-state index contributed by atoms with van der Waals surface area (Å²) in [5, 5.41) is 2.82. The molecule has 1 amide bonds. The Labute approximate surface area is 121 Å². The number of carbonyl (C=O) groups excluding carboxylic acids is 1. The Bertz CT molecular complexity index is 378. The molecule has 0 saturated heterocycles. The molecule has 0 radical (unpaired) electrons. The van der Waals surface area contributed by atoms with Crippen molar-refractivity contribution in [2.24, 2.45) is 0 Å². The highest BCUT2D eigenvalue weighted by Gasteiger charge is 2.12. The molecule has 0 unspecified atom stereocenters. The molecule has 1 rings (SSSR count). The normalized spacial score (nSPS) is 10.7. The van der Waals surface area contributed by atoms with E-state index in [4.69, 9.17) is 9.47 Å². The molecule has 0 bridgehead atoms. The Hall–Kier alpha value is -0.660. The van der Waals surface area contributed by atoms with Gasteiger partial charge in [-0.05, 0) is 48.6 Å². The summed E-state index contributed by atoms with van der Waals surface area (Å²) in [6, 6.07) is 7.45. The van der Waals surface area contributed by atoms with Crippen molar-refractivity contribution in [2.75, 3.05) is 19.8 Å². The first-order valence-electron chi connectivity index (χ1n) is 5.95. The van der Waals surface area contributed by atoms with Crippen LogP contribution < -0.4 is 5.32 Å². The zero-order chi connectivity index (χ0) is 13.4. The van der Waals surface area contributed by atoms with Gasteiger partial charge in [0.25, 0.3) is 5.91 Å². The minimum atomic E-state index is -0.384. The van der Waals surface area contributed by atoms with Gasteiger partial charge in [-0.1, -0.05) is 12.1 Å². The van der Waals surface area contributed by atoms with Crippen LogP contribution in [0.15, 0.2) is 24.3 Å². The quantitative estimate of drug-likeness (QED) is 0.598. The minimum Gasteiger partial charge on any atom is -0.351 e. The zero-order valence-electron chi connectivity index (χ0n) is 10.6. The first kappa shape index (κ1) is 15.4. The highest BCUT2D eigenvalue weighted by molar-refractivity contribution is 14.1. The largest absolute Gasteiger partial charge is 0.351 e. The summed E-state index contributed by atoms with van der Waals surface area (Å²) in [5.41, 5.74) is 0.671. The standard InChI is InChI=1S/C13H18INO3/c1-3-17-12(18-4-2)9-15-13(16)10-7-5-6-8-11(10)14/h5-8,12H,3-4,9H2,1-2H3,(H,15,16). The van der Waals surface area contributed by atoms with E-state index in [2.05, 4.69) is 27.9 Å². The average molecular weight is 363 g/mol. The monoisotopic (exact) mass is 363 g/mol. The van der Waals surface area contributed by atoms with Crippen LogP contribution in [0.25, 0.3) is 0 Å². The maximum Gasteiger partial charge on any atom is 0.252 e. The van der Waals surface area contributed by atoms with Crippen molar-refractivity contribution in [3.63, 3.8) is 0 Å². The van der Waals surface area contributed by atoms with Gasteiger partial charge >= 0.3 is 0 Å². The van der Waals surface area contributed by atoms with Crippen molar-refractivity contribution in [3.8, 4) is 0 Å². The predicted molar refractivity (Wildman–Crippen MR) is 78.5 cm³/mol. The van der Waals surface area contributed by atoms with Gasteiger partial charge < -0.3 is 14.8 Å². The van der Waals surface area contributed by atoms with E-state index in [0.717, 1.165) is 3.57 Å². The molecule has 18 heavy (non-hydrogen) atoms. The van der Waals surface area contributed by atoms with Crippen molar-refractivity contribution in [3.05, 3.63) is 33.4 Å². The second kappa shape index (κ2) is 8.44. The van der Waals surface area contributed by atoms with Crippen LogP contribution in [0, 0.1) is 3.57 Å². The molecule has 1 N–H and O–H groups in total. The van der Waals surface area contributed by atoms with E-state index in [-0.39, 0.29) is 12.2 Å². The van der Waals surface area contributed by atoms with Crippen molar-refractivity contribution in [2.45, 2.75) is 20.1 Å². The molecule has 5 heteroatoms. The lowest BCUT2D eigenvalue weighted by Crippen LogP contribution is -2.35. The van der Waals surface area contributed by atoms with Gasteiger partial charge in [0.2, 0.25) is 0 Å². The fourth-order valence-corrected chi connectivity index (χ4v) is 2.09. The molecular formula is C13H18INO3. The van der Waals surface area contributed by atoms with Gasteiger partial charge in [-0.15, -0.1) is 0 Å². The SMILES string of the molecule is CCOC(CNC(=O)c1ccccc1I)OCC. The molecule has 0 fully saturated rings. The van der Waals surface area contributed by atoms with Crippen LogP contribution in [0.4, 0.5) is 0 Å². The molecule has 0 saturated carbocycles. The molecular weight excluding hydrogens is 345 g/mol. The van der Waals surface area contributed by atoms with E-state index in [9.17, 15) is 4.79 Å². The summed E-state index contributed by atoms with van der Waals surface area (Å²) >= 11 is 2.14. The number of ether oxygens (including phenoxy) is 2. The fourth-order valence-electron chi connectivity index (χ4n) is 1.45. The smallest absolute Gasteiger partial charge is 0.252 e. The van der Waals surface area contributed by atoms with Gasteiger partial charge in [-0.2, -0.15) is 0 Å². The molecule has 0 spiro atoms. The van der Waals surface area contributed by atoms with Crippen molar-refractivity contribution in [1.29, 1.82) is 0 Å². The number of rotatable bonds is 7. The number of benzene rings is 1. The van der Waals surface area contributed by atoms with Gasteiger partial charge in [-0.3, -0.25) is 4.79 Å². The summed E-state index contributed by atoms with van der Waals surface area (Å²) in [5.74, 6) is -0.107. The average Bonchev–Trinajstić information content (AvgIpc) is 2.36. The fraction of sp³-hybridized carbons (Fsp3) is 0.462. The van der Waals surface area contributed by atoms with E-state index in [1.54, 1.807) is 6.07 Å². The summed E-state index contributed by atoms with van der Waals surface area (Å²) < 4.78 is 11.6. The Morgan fingerprint density at radius 3 is 2.44 bits per heavy atom. The molecule has 100 valence electrons. The Balaban J connectivity index is 2.52. The molecule has 0 atom stereocenters. The van der Waals surface area contributed by atoms with Crippen LogP contribution in [0.3, 0.4) is 0 Å². The van der Waals surface area contributed by atoms with E-state index in [0.29, 0.717) is 25.3 Å². The molecule has 0 aliphatic rings. The van der Waals surface area contributed by atoms with Crippen LogP contribution in [0.2, 0.25) is 0 Å². The van der Waals surface area contributed by atoms with E-state index in [1.165, 1.54) is 0 Å². The molecule has 4 nitrogen and oxygen atoms in total. The molecule has 0 aromatic heterocycles. The number of halogens is 1. The van der Waals surface area contributed by atoms with Crippen LogP contribution in [0.1, 0.15) is 24.2 Å². The topological polar surface area (TPSA) is 47.6 Å². The Morgan fingerprint density at radius 1 is 1.28 bits per heavy atom. The first-order valence-corrected chi connectivity index (χ1v) is 7.02. The third-order valence-electron chi connectivity index (χ3n) is 2.25. The summed E-state index contributed by atoms with van der Waals surface area (Å²) in [6.07, 6.45) is -0.384. The third-order valence-corrected chi connectivity index (χ3v) is 3.19. The van der Waals surface area contributed by atoms with E-state index < -0.39 is 0 Å². The maximum atomic E-state index is 12.0. The number of nitrogens with one attached hydrogen (secondary N) is 1. The lowest BCUT2D eigenvalue weighted by atomic mass is 10.2. The van der Waals surface area contributed by atoms with Gasteiger partial charge in [0.15, 0.2) is 6.29 Å². The van der Waals surface area contributed by atoms with E-state index >= 15 is 0 Å². The number of amides is 1. The molecule has 0 heterocycles. The van der Waals surface area contributed by atoms with Crippen molar-refractivity contribution < 1.29 is 14.3 Å². The third kappa shape index (κ3) is 4.91. The summed E-state index contributed by atoms with van der Waals surface area (Å²) in [4.78, 5) is 12.0. The highest BCUT2D eigenvalue weighted by Crippen LogP contribution is 2.11. The lowest BCUT2D eigenvalue weighted by Gasteiger charge is -2.17. The predicted octanol–water partition coefficient (Wildman–Crippen LogP) is 2.42. The van der Waals surface area contributed by atoms with Crippen LogP contribution in [-0.4, -0.2) is 32.0 Å². The maximum absolute atomic E-state index is 12.0. The number of hydrogen-bond donors (Lipinski definition) is 1. The lowest BCUT2D eigenvalue weighted by molar-refractivity contribution is -0.131. The molecule has 0 aliphatic heterocycles. The highest BCUT2D eigenvalue weighted by atomic mass is 127. The summed E-state index contributed by atoms with van der Waals surface area (Å²) in [7, 11) is 0. The van der Waals surface area contributed by atoms with Crippen molar-refractivity contribution >= 4 is 28.5 Å². The second-order valence-corrected chi connectivity index (χ2v) is 4.69. The van der Waals surface area contributed by atoms with Crippen molar-refractivity contribution in [1.82, 2.24) is 5.32 Å². The van der Waals surface area contributed by atoms with Gasteiger partial charge in [0.05, 0.1) is 12.1 Å². The molecule has 1 aromatic carbocycles. The van der Waals surface area contributed by atoms with Crippen LogP contribution in [0.5, 0.6) is 0 Å². The van der Waals surface area contributed by atoms with Crippen LogP contribution >= 0.6 is 22.6 Å². The Kier molecular flexibility index (Phi) is 7.22. The second-order valence-electron chi connectivity index (χ2n) is 3.53. The molecule has 1 aromatic rings. The Morgan fingerprint density at radius 2 is 1.89 bits per heavy atom. The zero-order valence-corrected chi connectivity index (χ0v) is 12.8. The van der Waals surface area contributed by atoms with Gasteiger partial charge in [0.1, 0.15) is 0 Å². The first-order chi connectivity index (χ1) is 8.69. The number of hydrogen-bond acceptors (Lipinski definition) is 3. The van der Waals surface area contributed by atoms with Gasteiger partial charge in [-0.25, -0.2) is 0 Å². The van der Waals surface area contributed by atoms with Gasteiger partial charge in [0, 0.05) is 16.8 Å². The minimum absolute atomic E-state index is 0.107.